The first-order valence-corrected chi connectivity index (χ1v) is 5.23. The molecular formula is C10H11NO2S. The van der Waals surface area contributed by atoms with Crippen LogP contribution in [-0.2, 0) is 0 Å². The van der Waals surface area contributed by atoms with Gasteiger partial charge in [-0.25, -0.2) is 0 Å². The van der Waals surface area contributed by atoms with Gasteiger partial charge in [-0.05, 0) is 29.8 Å². The molecule has 1 heterocycles. The number of benzene rings is 1. The first kappa shape index (κ1) is 9.15. The van der Waals surface area contributed by atoms with E-state index in [0.717, 1.165) is 10.1 Å². The molecule has 0 fully saturated rings. The van der Waals surface area contributed by atoms with E-state index in [1.807, 2.05) is 18.4 Å². The molecule has 0 spiro atoms. The van der Waals surface area contributed by atoms with Crippen LogP contribution in [0, 0.1) is 0 Å². The van der Waals surface area contributed by atoms with Crippen molar-refractivity contribution in [2.45, 2.75) is 6.92 Å². The second-order valence-electron chi connectivity index (χ2n) is 2.92. The third-order valence-electron chi connectivity index (χ3n) is 1.99. The Bertz CT molecular complexity index is 464. The van der Waals surface area contributed by atoms with Crippen LogP contribution in [0.2, 0.25) is 0 Å². The number of nitrogen functional groups attached to an aromatic ring is 1. The molecule has 74 valence electrons. The molecule has 2 rings (SSSR count). The fraction of sp³-hybridized carbons (Fsp3) is 0.200. The summed E-state index contributed by atoms with van der Waals surface area (Å²) < 4.78 is 6.31. The van der Waals surface area contributed by atoms with E-state index in [2.05, 4.69) is 0 Å². The van der Waals surface area contributed by atoms with Crippen LogP contribution in [0.15, 0.2) is 17.5 Å². The SMILES string of the molecule is CCOc1c(O)c(N)cc2ccsc12. The summed E-state index contributed by atoms with van der Waals surface area (Å²) in [5.74, 6) is 0.541. The number of nitrogens with two attached hydrogens (primary N) is 1. The monoisotopic (exact) mass is 209 g/mol. The Morgan fingerprint density at radius 3 is 3.07 bits per heavy atom. The van der Waals surface area contributed by atoms with Crippen molar-refractivity contribution in [3.63, 3.8) is 0 Å². The molecule has 0 aliphatic rings. The molecular weight excluding hydrogens is 198 g/mol. The molecule has 2 aromatic rings. The van der Waals surface area contributed by atoms with Crippen molar-refractivity contribution in [1.82, 2.24) is 0 Å². The lowest BCUT2D eigenvalue weighted by molar-refractivity contribution is 0.323. The number of thiophene rings is 1. The van der Waals surface area contributed by atoms with Crippen LogP contribution in [0.3, 0.4) is 0 Å². The van der Waals surface area contributed by atoms with Crippen LogP contribution in [0.5, 0.6) is 11.5 Å². The van der Waals surface area contributed by atoms with Gasteiger partial charge < -0.3 is 15.6 Å². The van der Waals surface area contributed by atoms with Gasteiger partial charge >= 0.3 is 0 Å². The molecule has 4 heteroatoms. The summed E-state index contributed by atoms with van der Waals surface area (Å²) in [6, 6.07) is 3.71. The van der Waals surface area contributed by atoms with E-state index in [9.17, 15) is 5.11 Å². The lowest BCUT2D eigenvalue weighted by atomic mass is 10.2. The van der Waals surface area contributed by atoms with Gasteiger partial charge in [-0.1, -0.05) is 0 Å². The predicted octanol–water partition coefficient (Wildman–Crippen LogP) is 2.59. The van der Waals surface area contributed by atoms with Crippen LogP contribution in [0.4, 0.5) is 5.69 Å². The average molecular weight is 209 g/mol. The van der Waals surface area contributed by atoms with E-state index in [1.54, 1.807) is 6.07 Å². The maximum absolute atomic E-state index is 9.70. The van der Waals surface area contributed by atoms with E-state index >= 15 is 0 Å². The van der Waals surface area contributed by atoms with Crippen molar-refractivity contribution >= 4 is 27.1 Å². The fourth-order valence-electron chi connectivity index (χ4n) is 1.37. The Kier molecular flexibility index (Phi) is 2.21. The van der Waals surface area contributed by atoms with Crippen LogP contribution in [0.1, 0.15) is 6.92 Å². The van der Waals surface area contributed by atoms with Crippen molar-refractivity contribution in [2.75, 3.05) is 12.3 Å². The molecule has 1 aromatic carbocycles. The Labute approximate surface area is 85.7 Å². The minimum atomic E-state index is 0.0433. The maximum atomic E-state index is 9.70. The van der Waals surface area contributed by atoms with E-state index in [0.29, 0.717) is 18.0 Å². The molecule has 0 atom stereocenters. The van der Waals surface area contributed by atoms with E-state index in [-0.39, 0.29) is 5.75 Å². The quantitative estimate of drug-likeness (QED) is 0.590. The van der Waals surface area contributed by atoms with Gasteiger partial charge in [-0.3, -0.25) is 0 Å². The molecule has 0 aliphatic carbocycles. The number of ether oxygens (including phenoxy) is 1. The first-order valence-electron chi connectivity index (χ1n) is 4.35. The Hall–Kier alpha value is -1.42. The Morgan fingerprint density at radius 2 is 2.36 bits per heavy atom. The first-order chi connectivity index (χ1) is 6.74. The second kappa shape index (κ2) is 3.38. The smallest absolute Gasteiger partial charge is 0.182 e. The summed E-state index contributed by atoms with van der Waals surface area (Å²) in [5.41, 5.74) is 6.01. The second-order valence-corrected chi connectivity index (χ2v) is 3.83. The van der Waals surface area contributed by atoms with E-state index in [4.69, 9.17) is 10.5 Å². The van der Waals surface area contributed by atoms with E-state index < -0.39 is 0 Å². The maximum Gasteiger partial charge on any atom is 0.182 e. The summed E-state index contributed by atoms with van der Waals surface area (Å²) in [7, 11) is 0. The van der Waals surface area contributed by atoms with E-state index in [1.165, 1.54) is 11.3 Å². The topological polar surface area (TPSA) is 55.5 Å². The van der Waals surface area contributed by atoms with Crippen LogP contribution >= 0.6 is 11.3 Å². The van der Waals surface area contributed by atoms with Crippen molar-refractivity contribution in [1.29, 1.82) is 0 Å². The number of phenols is 1. The number of anilines is 1. The molecule has 0 radical (unpaired) electrons. The average Bonchev–Trinajstić information content (AvgIpc) is 2.60. The normalized spacial score (nSPS) is 10.6. The highest BCUT2D eigenvalue weighted by molar-refractivity contribution is 7.17. The van der Waals surface area contributed by atoms with Crippen molar-refractivity contribution in [3.05, 3.63) is 17.5 Å². The number of hydrogen-bond acceptors (Lipinski definition) is 4. The van der Waals surface area contributed by atoms with Gasteiger partial charge in [0, 0.05) is 0 Å². The third-order valence-corrected chi connectivity index (χ3v) is 2.92. The molecule has 0 unspecified atom stereocenters. The van der Waals surface area contributed by atoms with Gasteiger partial charge in [0.15, 0.2) is 11.5 Å². The zero-order valence-electron chi connectivity index (χ0n) is 7.78. The van der Waals surface area contributed by atoms with Gasteiger partial charge in [0.25, 0.3) is 0 Å². The highest BCUT2D eigenvalue weighted by atomic mass is 32.1. The summed E-state index contributed by atoms with van der Waals surface area (Å²) in [4.78, 5) is 0. The third kappa shape index (κ3) is 1.28. The minimum Gasteiger partial charge on any atom is -0.503 e. The summed E-state index contributed by atoms with van der Waals surface area (Å²) >= 11 is 1.54. The number of hydrogen-bond donors (Lipinski definition) is 2. The molecule has 14 heavy (non-hydrogen) atoms. The molecule has 0 saturated carbocycles. The summed E-state index contributed by atoms with van der Waals surface area (Å²) in [5, 5.41) is 12.7. The minimum absolute atomic E-state index is 0.0433. The lowest BCUT2D eigenvalue weighted by Gasteiger charge is -2.08. The molecule has 0 amide bonds. The van der Waals surface area contributed by atoms with Gasteiger partial charge in [-0.15, -0.1) is 11.3 Å². The molecule has 3 nitrogen and oxygen atoms in total. The van der Waals surface area contributed by atoms with Crippen molar-refractivity contribution in [2.24, 2.45) is 0 Å². The predicted molar refractivity (Wildman–Crippen MR) is 59.1 cm³/mol. The van der Waals surface area contributed by atoms with Crippen molar-refractivity contribution < 1.29 is 9.84 Å². The number of fused-ring (bicyclic) bond motifs is 1. The fourth-order valence-corrected chi connectivity index (χ4v) is 2.25. The van der Waals surface area contributed by atoms with Crippen molar-refractivity contribution in [3.8, 4) is 11.5 Å². The standard InChI is InChI=1S/C10H11NO2S/c1-2-13-9-8(12)7(11)5-6-3-4-14-10(6)9/h3-5,12H,2,11H2,1H3. The Morgan fingerprint density at radius 1 is 1.57 bits per heavy atom. The number of rotatable bonds is 2. The van der Waals surface area contributed by atoms with Crippen LogP contribution < -0.4 is 10.5 Å². The zero-order chi connectivity index (χ0) is 10.1. The largest absolute Gasteiger partial charge is 0.503 e. The van der Waals surface area contributed by atoms with Gasteiger partial charge in [-0.2, -0.15) is 0 Å². The molecule has 1 aromatic heterocycles. The van der Waals surface area contributed by atoms with Crippen LogP contribution in [0.25, 0.3) is 10.1 Å². The highest BCUT2D eigenvalue weighted by Crippen LogP contribution is 2.42. The highest BCUT2D eigenvalue weighted by Gasteiger charge is 2.12. The molecule has 0 aliphatic heterocycles. The Balaban J connectivity index is 2.73. The summed E-state index contributed by atoms with van der Waals surface area (Å²) in [6.45, 7) is 2.39. The molecule has 3 N–H and O–H groups in total. The zero-order valence-corrected chi connectivity index (χ0v) is 8.60. The van der Waals surface area contributed by atoms with Gasteiger partial charge in [0.2, 0.25) is 0 Å². The summed E-state index contributed by atoms with van der Waals surface area (Å²) in [6.07, 6.45) is 0. The molecule has 0 saturated heterocycles. The van der Waals surface area contributed by atoms with Crippen LogP contribution in [-0.4, -0.2) is 11.7 Å². The van der Waals surface area contributed by atoms with Gasteiger partial charge in [0.05, 0.1) is 17.0 Å². The molecule has 0 bridgehead atoms. The number of aromatic hydroxyl groups is 1. The lowest BCUT2D eigenvalue weighted by Crippen LogP contribution is -1.94. The van der Waals surface area contributed by atoms with Gasteiger partial charge in [0.1, 0.15) is 0 Å². The number of phenolic OH excluding ortho intramolecular Hbond substituents is 1.